The number of nitro benzene ring substituents is 1. The van der Waals surface area contributed by atoms with Crippen LogP contribution in [0.25, 0.3) is 0 Å². The summed E-state index contributed by atoms with van der Waals surface area (Å²) in [4.78, 5) is 31.6. The van der Waals surface area contributed by atoms with Crippen molar-refractivity contribution >= 4 is 28.6 Å². The maximum Gasteiger partial charge on any atom is 0.270 e. The molecule has 1 N–H and O–H groups in total. The molecule has 1 amide bonds. The Morgan fingerprint density at radius 2 is 2.19 bits per heavy atom. The van der Waals surface area contributed by atoms with Gasteiger partial charge in [0.2, 0.25) is 0 Å². The normalized spacial score (nSPS) is 15.5. The fourth-order valence-corrected chi connectivity index (χ4v) is 3.69. The number of nitro groups is 1. The molecule has 0 saturated carbocycles. The number of benzene rings is 1. The fraction of sp³-hybridized carbons (Fsp3) is 0.412. The number of non-ortho nitro benzene ring substituents is 1. The molecule has 1 saturated heterocycles. The maximum absolute atomic E-state index is 12.2. The number of nitrogens with zero attached hydrogens (tertiary/aromatic N) is 4. The molecule has 1 aromatic carbocycles. The van der Waals surface area contributed by atoms with Crippen LogP contribution in [-0.2, 0) is 6.54 Å². The zero-order valence-corrected chi connectivity index (χ0v) is 15.4. The predicted molar refractivity (Wildman–Crippen MR) is 101 cm³/mol. The first-order valence-electron chi connectivity index (χ1n) is 8.43. The average molecular weight is 375 g/mol. The molecule has 0 bridgehead atoms. The second kappa shape index (κ2) is 8.24. The molecule has 2 aromatic rings. The van der Waals surface area contributed by atoms with Crippen molar-refractivity contribution in [3.05, 3.63) is 50.5 Å². The largest absolute Gasteiger partial charge is 0.370 e. The van der Waals surface area contributed by atoms with E-state index in [4.69, 9.17) is 0 Å². The van der Waals surface area contributed by atoms with E-state index < -0.39 is 4.92 Å². The zero-order valence-electron chi connectivity index (χ0n) is 14.6. The number of hydrogen-bond donors (Lipinski definition) is 1. The highest BCUT2D eigenvalue weighted by molar-refractivity contribution is 7.07. The van der Waals surface area contributed by atoms with Crippen LogP contribution in [0.2, 0.25) is 0 Å². The second-order valence-corrected chi connectivity index (χ2v) is 6.85. The van der Waals surface area contributed by atoms with Crippen LogP contribution in [-0.4, -0.2) is 53.9 Å². The van der Waals surface area contributed by atoms with Gasteiger partial charge in [0.25, 0.3) is 11.6 Å². The molecule has 0 radical (unpaired) electrons. The van der Waals surface area contributed by atoms with E-state index in [1.165, 1.54) is 19.2 Å². The summed E-state index contributed by atoms with van der Waals surface area (Å²) in [6, 6.07) is 4.49. The quantitative estimate of drug-likeness (QED) is 0.636. The lowest BCUT2D eigenvalue weighted by molar-refractivity contribution is -0.384. The molecule has 1 aromatic heterocycles. The Balaban J connectivity index is 1.77. The van der Waals surface area contributed by atoms with Crippen LogP contribution in [0.4, 0.5) is 11.4 Å². The van der Waals surface area contributed by atoms with Gasteiger partial charge in [-0.2, -0.15) is 0 Å². The Morgan fingerprint density at radius 1 is 1.35 bits per heavy atom. The van der Waals surface area contributed by atoms with Gasteiger partial charge in [0.1, 0.15) is 0 Å². The predicted octanol–water partition coefficient (Wildman–Crippen LogP) is 2.12. The number of amides is 1. The standard InChI is InChI=1S/C17H21N5O3S/c1-18-17(23)15-9-14(22(24)25)3-4-16(15)21-6-2-5-20(7-8-21)10-13-11-26-12-19-13/h3-4,9,11-12H,2,5-8,10H2,1H3,(H,18,23). The van der Waals surface area contributed by atoms with Crippen molar-refractivity contribution < 1.29 is 9.72 Å². The molecule has 9 heteroatoms. The number of nitrogens with one attached hydrogen (secondary N) is 1. The van der Waals surface area contributed by atoms with E-state index in [1.54, 1.807) is 17.4 Å². The van der Waals surface area contributed by atoms with Crippen molar-refractivity contribution in [2.45, 2.75) is 13.0 Å². The van der Waals surface area contributed by atoms with E-state index in [2.05, 4.69) is 25.5 Å². The molecule has 0 spiro atoms. The molecule has 1 aliphatic rings. The Labute approximate surface area is 155 Å². The molecule has 1 fully saturated rings. The number of anilines is 1. The van der Waals surface area contributed by atoms with Crippen LogP contribution < -0.4 is 10.2 Å². The summed E-state index contributed by atoms with van der Waals surface area (Å²) in [5.74, 6) is -0.313. The molecule has 0 unspecified atom stereocenters. The summed E-state index contributed by atoms with van der Waals surface area (Å²) in [5, 5.41) is 15.7. The number of rotatable bonds is 5. The highest BCUT2D eigenvalue weighted by Gasteiger charge is 2.22. The van der Waals surface area contributed by atoms with Crippen molar-refractivity contribution in [2.75, 3.05) is 38.1 Å². The molecule has 0 atom stereocenters. The van der Waals surface area contributed by atoms with E-state index in [-0.39, 0.29) is 11.6 Å². The number of hydrogen-bond acceptors (Lipinski definition) is 7. The van der Waals surface area contributed by atoms with Crippen LogP contribution in [0, 0.1) is 10.1 Å². The number of aromatic nitrogens is 1. The second-order valence-electron chi connectivity index (χ2n) is 6.13. The van der Waals surface area contributed by atoms with Gasteiger partial charge in [-0.15, -0.1) is 11.3 Å². The van der Waals surface area contributed by atoms with E-state index in [1.807, 2.05) is 5.51 Å². The summed E-state index contributed by atoms with van der Waals surface area (Å²) >= 11 is 1.59. The minimum Gasteiger partial charge on any atom is -0.370 e. The average Bonchev–Trinajstić information content (AvgIpc) is 3.05. The van der Waals surface area contributed by atoms with Gasteiger partial charge in [-0.1, -0.05) is 0 Å². The Bertz CT molecular complexity index is 781. The van der Waals surface area contributed by atoms with Crippen molar-refractivity contribution in [2.24, 2.45) is 0 Å². The lowest BCUT2D eigenvalue weighted by Gasteiger charge is -2.25. The van der Waals surface area contributed by atoms with E-state index in [0.29, 0.717) is 5.56 Å². The van der Waals surface area contributed by atoms with Gasteiger partial charge < -0.3 is 10.2 Å². The molecule has 138 valence electrons. The van der Waals surface area contributed by atoms with Gasteiger partial charge in [-0.3, -0.25) is 19.8 Å². The summed E-state index contributed by atoms with van der Waals surface area (Å²) in [7, 11) is 1.53. The zero-order chi connectivity index (χ0) is 18.5. The number of thiazole rings is 1. The van der Waals surface area contributed by atoms with Crippen LogP contribution in [0.1, 0.15) is 22.5 Å². The van der Waals surface area contributed by atoms with E-state index in [9.17, 15) is 14.9 Å². The SMILES string of the molecule is CNC(=O)c1cc([N+](=O)[O-])ccc1N1CCCN(Cc2cscn2)CC1. The summed E-state index contributed by atoms with van der Waals surface area (Å²) < 4.78 is 0. The fourth-order valence-electron chi connectivity index (χ4n) is 3.14. The summed E-state index contributed by atoms with van der Waals surface area (Å²) in [5.41, 5.74) is 3.92. The molecule has 26 heavy (non-hydrogen) atoms. The van der Waals surface area contributed by atoms with Crippen molar-refractivity contribution in [1.82, 2.24) is 15.2 Å². The maximum atomic E-state index is 12.2. The molecule has 8 nitrogen and oxygen atoms in total. The first kappa shape index (κ1) is 18.3. The highest BCUT2D eigenvalue weighted by Crippen LogP contribution is 2.27. The lowest BCUT2D eigenvalue weighted by atomic mass is 10.1. The summed E-state index contributed by atoms with van der Waals surface area (Å²) in [6.45, 7) is 4.18. The smallest absolute Gasteiger partial charge is 0.270 e. The highest BCUT2D eigenvalue weighted by atomic mass is 32.1. The Hall–Kier alpha value is -2.52. The van der Waals surface area contributed by atoms with Gasteiger partial charge >= 0.3 is 0 Å². The number of carbonyl (C=O) groups excluding carboxylic acids is 1. The first-order chi connectivity index (χ1) is 12.6. The topological polar surface area (TPSA) is 91.6 Å². The first-order valence-corrected chi connectivity index (χ1v) is 9.37. The van der Waals surface area contributed by atoms with Crippen molar-refractivity contribution in [3.63, 3.8) is 0 Å². The van der Waals surface area contributed by atoms with Crippen LogP contribution in [0.3, 0.4) is 0 Å². The Morgan fingerprint density at radius 3 is 2.88 bits per heavy atom. The van der Waals surface area contributed by atoms with Gasteiger partial charge in [0, 0.05) is 57.3 Å². The van der Waals surface area contributed by atoms with Crippen molar-refractivity contribution in [1.29, 1.82) is 0 Å². The van der Waals surface area contributed by atoms with Gasteiger partial charge in [-0.05, 0) is 12.5 Å². The van der Waals surface area contributed by atoms with Gasteiger partial charge in [-0.25, -0.2) is 4.98 Å². The van der Waals surface area contributed by atoms with Crippen LogP contribution >= 0.6 is 11.3 Å². The van der Waals surface area contributed by atoms with Crippen LogP contribution in [0.15, 0.2) is 29.1 Å². The minimum absolute atomic E-state index is 0.0765. The molecule has 1 aliphatic heterocycles. The van der Waals surface area contributed by atoms with Crippen LogP contribution in [0.5, 0.6) is 0 Å². The third kappa shape index (κ3) is 4.17. The van der Waals surface area contributed by atoms with E-state index >= 15 is 0 Å². The monoisotopic (exact) mass is 375 g/mol. The lowest BCUT2D eigenvalue weighted by Crippen LogP contribution is -2.32. The Kier molecular flexibility index (Phi) is 5.79. The molecular formula is C17H21N5O3S. The van der Waals surface area contributed by atoms with Gasteiger partial charge in [0.15, 0.2) is 0 Å². The third-order valence-corrected chi connectivity index (χ3v) is 5.10. The van der Waals surface area contributed by atoms with Gasteiger partial charge in [0.05, 0.1) is 27.4 Å². The van der Waals surface area contributed by atoms with Crippen molar-refractivity contribution in [3.8, 4) is 0 Å². The summed E-state index contributed by atoms with van der Waals surface area (Å²) in [6.07, 6.45) is 0.953. The molecule has 0 aliphatic carbocycles. The minimum atomic E-state index is -0.478. The number of carbonyl (C=O) groups is 1. The molecule has 2 heterocycles. The third-order valence-electron chi connectivity index (χ3n) is 4.46. The molecule has 3 rings (SSSR count). The van der Waals surface area contributed by atoms with E-state index in [0.717, 1.165) is 50.5 Å². The molecular weight excluding hydrogens is 354 g/mol.